The minimum absolute atomic E-state index is 0.0439. The Morgan fingerprint density at radius 3 is 2.80 bits per heavy atom. The van der Waals surface area contributed by atoms with Crippen molar-refractivity contribution in [2.24, 2.45) is 0 Å². The maximum absolute atomic E-state index is 12.4. The molecule has 0 amide bonds. The summed E-state index contributed by atoms with van der Waals surface area (Å²) in [6.07, 6.45) is 0. The number of fused-ring (bicyclic) bond motifs is 1. The van der Waals surface area contributed by atoms with Crippen molar-refractivity contribution >= 4 is 28.2 Å². The normalized spacial score (nSPS) is 11.1. The maximum atomic E-state index is 12.4. The summed E-state index contributed by atoms with van der Waals surface area (Å²) in [6, 6.07) is 5.14. The van der Waals surface area contributed by atoms with Crippen LogP contribution in [0.25, 0.3) is 11.1 Å². The number of nitrogens with zero attached hydrogens (tertiary/aromatic N) is 1. The highest BCUT2D eigenvalue weighted by atomic mass is 32.1. The third kappa shape index (κ3) is 1.91. The van der Waals surface area contributed by atoms with Crippen molar-refractivity contribution in [1.29, 1.82) is 0 Å². The van der Waals surface area contributed by atoms with Crippen molar-refractivity contribution in [1.82, 2.24) is 4.57 Å². The van der Waals surface area contributed by atoms with Crippen LogP contribution in [0.2, 0.25) is 0 Å². The summed E-state index contributed by atoms with van der Waals surface area (Å²) in [5, 5.41) is 3.79. The Balaban J connectivity index is 2.12. The molecule has 0 fully saturated rings. The molecule has 0 unspecified atom stereocenters. The van der Waals surface area contributed by atoms with Crippen LogP contribution in [0.4, 0.5) is 0 Å². The van der Waals surface area contributed by atoms with E-state index in [4.69, 9.17) is 4.42 Å². The molecule has 0 spiro atoms. The minimum Gasteiger partial charge on any atom is -0.408 e. The van der Waals surface area contributed by atoms with Crippen LogP contribution in [0, 0.1) is 6.92 Å². The quantitative estimate of drug-likeness (QED) is 0.695. The van der Waals surface area contributed by atoms with E-state index in [2.05, 4.69) is 0 Å². The van der Waals surface area contributed by atoms with E-state index >= 15 is 0 Å². The number of carbonyl (C=O) groups excluding carboxylic acids is 1. The second kappa shape index (κ2) is 4.76. The van der Waals surface area contributed by atoms with Crippen molar-refractivity contribution < 1.29 is 9.21 Å². The monoisotopic (exact) mass is 287 g/mol. The zero-order valence-electron chi connectivity index (χ0n) is 11.2. The van der Waals surface area contributed by atoms with Gasteiger partial charge in [0, 0.05) is 23.1 Å². The summed E-state index contributed by atoms with van der Waals surface area (Å²) >= 11 is 1.50. The zero-order valence-corrected chi connectivity index (χ0v) is 12.0. The van der Waals surface area contributed by atoms with Crippen LogP contribution in [0.3, 0.4) is 0 Å². The van der Waals surface area contributed by atoms with Crippen LogP contribution >= 0.6 is 11.3 Å². The second-order valence-corrected chi connectivity index (χ2v) is 5.34. The van der Waals surface area contributed by atoms with Crippen LogP contribution in [0.1, 0.15) is 28.4 Å². The molecule has 1 aromatic carbocycles. The van der Waals surface area contributed by atoms with Crippen molar-refractivity contribution in [3.8, 4) is 0 Å². The summed E-state index contributed by atoms with van der Waals surface area (Å²) in [5.41, 5.74) is 3.38. The summed E-state index contributed by atoms with van der Waals surface area (Å²) in [6.45, 7) is 4.34. The van der Waals surface area contributed by atoms with Crippen LogP contribution < -0.4 is 5.76 Å². The molecule has 0 aliphatic carbocycles. The third-order valence-corrected chi connectivity index (χ3v) is 4.21. The van der Waals surface area contributed by atoms with Gasteiger partial charge < -0.3 is 4.42 Å². The van der Waals surface area contributed by atoms with Gasteiger partial charge >= 0.3 is 5.76 Å². The molecule has 0 bridgehead atoms. The van der Waals surface area contributed by atoms with Gasteiger partial charge in [0.05, 0.1) is 5.52 Å². The molecule has 4 nitrogen and oxygen atoms in total. The maximum Gasteiger partial charge on any atom is 0.419 e. The molecule has 2 aromatic heterocycles. The topological polar surface area (TPSA) is 52.2 Å². The molecule has 0 atom stereocenters. The first-order valence-electron chi connectivity index (χ1n) is 6.32. The lowest BCUT2D eigenvalue weighted by molar-refractivity contribution is 0.103. The summed E-state index contributed by atoms with van der Waals surface area (Å²) in [7, 11) is 0. The molecule has 0 N–H and O–H groups in total. The molecular weight excluding hydrogens is 274 g/mol. The Morgan fingerprint density at radius 1 is 1.35 bits per heavy atom. The lowest BCUT2D eigenvalue weighted by atomic mass is 10.0. The Kier molecular flexibility index (Phi) is 3.06. The fourth-order valence-electron chi connectivity index (χ4n) is 2.26. The van der Waals surface area contributed by atoms with Crippen LogP contribution in [0.15, 0.2) is 38.2 Å². The largest absolute Gasteiger partial charge is 0.419 e. The highest BCUT2D eigenvalue weighted by Gasteiger charge is 2.15. The van der Waals surface area contributed by atoms with E-state index in [1.54, 1.807) is 22.8 Å². The molecule has 2 heterocycles. The number of rotatable bonds is 3. The highest BCUT2D eigenvalue weighted by molar-refractivity contribution is 7.08. The van der Waals surface area contributed by atoms with E-state index in [0.717, 1.165) is 11.1 Å². The van der Waals surface area contributed by atoms with Gasteiger partial charge in [0.15, 0.2) is 11.4 Å². The first-order valence-corrected chi connectivity index (χ1v) is 7.27. The van der Waals surface area contributed by atoms with Crippen molar-refractivity contribution in [3.05, 3.63) is 56.2 Å². The van der Waals surface area contributed by atoms with E-state index in [1.165, 1.54) is 11.3 Å². The van der Waals surface area contributed by atoms with Gasteiger partial charge in [-0.25, -0.2) is 4.79 Å². The van der Waals surface area contributed by atoms with Crippen molar-refractivity contribution in [2.75, 3.05) is 0 Å². The molecule has 3 aromatic rings. The molecule has 3 rings (SSSR count). The van der Waals surface area contributed by atoms with E-state index < -0.39 is 0 Å². The van der Waals surface area contributed by atoms with E-state index in [0.29, 0.717) is 23.3 Å². The number of oxazole rings is 1. The number of hydrogen-bond acceptors (Lipinski definition) is 4. The van der Waals surface area contributed by atoms with Gasteiger partial charge in [0.25, 0.3) is 0 Å². The number of thiophene rings is 1. The van der Waals surface area contributed by atoms with E-state index in [-0.39, 0.29) is 11.5 Å². The van der Waals surface area contributed by atoms with E-state index in [1.807, 2.05) is 24.6 Å². The average Bonchev–Trinajstić information content (AvgIpc) is 2.99. The van der Waals surface area contributed by atoms with Crippen LogP contribution in [-0.4, -0.2) is 10.4 Å². The smallest absolute Gasteiger partial charge is 0.408 e. The van der Waals surface area contributed by atoms with Crippen LogP contribution in [-0.2, 0) is 6.54 Å². The third-order valence-electron chi connectivity index (χ3n) is 3.35. The second-order valence-electron chi connectivity index (χ2n) is 4.59. The molecule has 0 saturated heterocycles. The van der Waals surface area contributed by atoms with Crippen LogP contribution in [0.5, 0.6) is 0 Å². The van der Waals surface area contributed by atoms with E-state index in [9.17, 15) is 9.59 Å². The SMILES string of the molecule is CCn1c(=O)oc2cc(C(=O)c3cscc3C)ccc21. The van der Waals surface area contributed by atoms with Crippen molar-refractivity contribution in [2.45, 2.75) is 20.4 Å². The van der Waals surface area contributed by atoms with Gasteiger partial charge in [-0.3, -0.25) is 9.36 Å². The Morgan fingerprint density at radius 2 is 2.15 bits per heavy atom. The molecule has 102 valence electrons. The summed E-state index contributed by atoms with van der Waals surface area (Å²) in [4.78, 5) is 24.1. The molecule has 20 heavy (non-hydrogen) atoms. The van der Waals surface area contributed by atoms with Gasteiger partial charge in [0.2, 0.25) is 0 Å². The molecule has 0 radical (unpaired) electrons. The Labute approximate surface area is 119 Å². The lowest BCUT2D eigenvalue weighted by Crippen LogP contribution is -2.11. The predicted octanol–water partition coefficient (Wildman–Crippen LogP) is 3.22. The Bertz CT molecular complexity index is 854. The number of aryl methyl sites for hydroxylation is 2. The van der Waals surface area contributed by atoms with Gasteiger partial charge in [-0.1, -0.05) is 0 Å². The lowest BCUT2D eigenvalue weighted by Gasteiger charge is -2.01. The highest BCUT2D eigenvalue weighted by Crippen LogP contribution is 2.21. The first-order chi connectivity index (χ1) is 9.61. The number of ketones is 1. The first kappa shape index (κ1) is 12.9. The van der Waals surface area contributed by atoms with Gasteiger partial charge in [0.1, 0.15) is 0 Å². The van der Waals surface area contributed by atoms with Crippen molar-refractivity contribution in [3.63, 3.8) is 0 Å². The minimum atomic E-state index is -0.390. The standard InChI is InChI=1S/C15H13NO3S/c1-3-16-12-5-4-10(6-13(12)19-15(16)18)14(17)11-8-20-7-9(11)2/h4-8H,3H2,1-2H3. The summed E-state index contributed by atoms with van der Waals surface area (Å²) < 4.78 is 6.73. The number of aromatic nitrogens is 1. The van der Waals surface area contributed by atoms with Gasteiger partial charge in [-0.05, 0) is 43.0 Å². The zero-order chi connectivity index (χ0) is 14.3. The van der Waals surface area contributed by atoms with Gasteiger partial charge in [-0.2, -0.15) is 11.3 Å². The number of carbonyl (C=O) groups is 1. The molecule has 5 heteroatoms. The number of benzene rings is 1. The van der Waals surface area contributed by atoms with Gasteiger partial charge in [-0.15, -0.1) is 0 Å². The predicted molar refractivity (Wildman–Crippen MR) is 78.6 cm³/mol. The number of hydrogen-bond donors (Lipinski definition) is 0. The fraction of sp³-hybridized carbons (Fsp3) is 0.200. The molecular formula is C15H13NO3S. The summed E-state index contributed by atoms with van der Waals surface area (Å²) in [5.74, 6) is -0.434. The fourth-order valence-corrected chi connectivity index (χ4v) is 3.08. The Hall–Kier alpha value is -2.14. The molecule has 0 saturated carbocycles. The average molecular weight is 287 g/mol. The molecule has 0 aliphatic heterocycles. The molecule has 0 aliphatic rings.